The fourth-order valence-corrected chi connectivity index (χ4v) is 7.96. The van der Waals surface area contributed by atoms with Gasteiger partial charge in [0.1, 0.15) is 0 Å². The molecule has 0 saturated heterocycles. The van der Waals surface area contributed by atoms with Gasteiger partial charge >= 0.3 is 0 Å². The lowest BCUT2D eigenvalue weighted by Gasteiger charge is -2.41. The summed E-state index contributed by atoms with van der Waals surface area (Å²) in [6.45, 7) is 13.9. The van der Waals surface area contributed by atoms with Gasteiger partial charge in [-0.25, -0.2) is 17.6 Å². The molecule has 0 N–H and O–H groups in total. The molecule has 2 bridgehead atoms. The molecule has 0 spiro atoms. The average molecular weight is 563 g/mol. The number of rotatable bonds is 8. The van der Waals surface area contributed by atoms with Crippen molar-refractivity contribution < 1.29 is 27.0 Å². The molecule has 0 heterocycles. The molecule has 0 radical (unpaired) electrons. The van der Waals surface area contributed by atoms with E-state index < -0.39 is 35.1 Å². The maximum atomic E-state index is 15.2. The Balaban J connectivity index is 1.41. The zero-order chi connectivity index (χ0) is 28.9. The van der Waals surface area contributed by atoms with Crippen molar-refractivity contribution in [2.45, 2.75) is 104 Å². The van der Waals surface area contributed by atoms with Crippen molar-refractivity contribution in [1.29, 1.82) is 0 Å². The van der Waals surface area contributed by atoms with Crippen molar-refractivity contribution in [3.8, 4) is 0 Å². The van der Waals surface area contributed by atoms with Crippen molar-refractivity contribution in [2.24, 2.45) is 35.5 Å². The summed E-state index contributed by atoms with van der Waals surface area (Å²) in [5.41, 5.74) is 1.40. The summed E-state index contributed by atoms with van der Waals surface area (Å²) >= 11 is 0. The van der Waals surface area contributed by atoms with Crippen LogP contribution in [0.1, 0.15) is 103 Å². The van der Waals surface area contributed by atoms with E-state index in [9.17, 15) is 8.78 Å². The highest BCUT2D eigenvalue weighted by atomic mass is 19.2. The summed E-state index contributed by atoms with van der Waals surface area (Å²) < 4.78 is 72.4. The first-order valence-electron chi connectivity index (χ1n) is 15.5. The summed E-state index contributed by atoms with van der Waals surface area (Å²) in [6, 6.07) is 0. The number of ether oxygens (including phenoxy) is 2. The molecule has 2 nitrogen and oxygen atoms in total. The van der Waals surface area contributed by atoms with Crippen LogP contribution in [0.2, 0.25) is 0 Å². The zero-order valence-electron chi connectivity index (χ0n) is 24.9. The molecule has 2 saturated carbocycles. The van der Waals surface area contributed by atoms with Crippen molar-refractivity contribution in [1.82, 2.24) is 0 Å². The minimum atomic E-state index is -1.74. The SMILES string of the molecule is CC(C)[C@@H]1CC[C@@H](C)C[C@H]1OCC1=C[C@@H]2C(CO[C@@H]3C[C@H](C)CC[C@H]3C(C)C)=C[C@H]1c1c(F)c(F)c(F)c(F)c12. The standard InChI is InChI=1S/C34H46F4O2/c1-17(2)23-9-7-19(5)11-27(23)39-15-21-13-26-22(16-40-28-12-20(6)8-10-24(28)18(3)4)14-25(21)29-30(26)32(36)34(38)33(37)31(29)35/h13-14,17-20,23-28H,7-12,15-16H2,1-6H3/t19-,20-,23+,24+,25-,26-,27-,28-/m1/s1. The van der Waals surface area contributed by atoms with Crippen LogP contribution in [0.5, 0.6) is 0 Å². The molecule has 40 heavy (non-hydrogen) atoms. The molecule has 0 aromatic heterocycles. The Bertz CT molecular complexity index is 1070. The predicted octanol–water partition coefficient (Wildman–Crippen LogP) is 9.25. The largest absolute Gasteiger partial charge is 0.374 e. The second-order valence-electron chi connectivity index (χ2n) is 13.9. The van der Waals surface area contributed by atoms with Gasteiger partial charge in [0.15, 0.2) is 23.3 Å². The topological polar surface area (TPSA) is 18.5 Å². The molecule has 1 aromatic rings. The first-order valence-corrected chi connectivity index (χ1v) is 15.5. The molecule has 8 atom stereocenters. The van der Waals surface area contributed by atoms with E-state index in [0.29, 0.717) is 35.5 Å². The highest BCUT2D eigenvalue weighted by Crippen LogP contribution is 2.51. The van der Waals surface area contributed by atoms with Crippen LogP contribution in [0.15, 0.2) is 23.3 Å². The van der Waals surface area contributed by atoms with Gasteiger partial charge < -0.3 is 9.47 Å². The number of hydrogen-bond acceptors (Lipinski definition) is 2. The summed E-state index contributed by atoms with van der Waals surface area (Å²) in [4.78, 5) is 0. The van der Waals surface area contributed by atoms with E-state index in [1.54, 1.807) is 0 Å². The van der Waals surface area contributed by atoms with Crippen LogP contribution in [-0.4, -0.2) is 25.4 Å². The average Bonchev–Trinajstić information content (AvgIpc) is 2.92. The number of halogens is 4. The van der Waals surface area contributed by atoms with E-state index in [0.717, 1.165) is 36.8 Å². The minimum absolute atomic E-state index is 0.0872. The molecule has 5 aliphatic carbocycles. The number of benzene rings is 1. The van der Waals surface area contributed by atoms with Crippen molar-refractivity contribution in [2.75, 3.05) is 13.2 Å². The van der Waals surface area contributed by atoms with Crippen LogP contribution in [0, 0.1) is 58.8 Å². The van der Waals surface area contributed by atoms with Crippen LogP contribution in [0.3, 0.4) is 0 Å². The van der Waals surface area contributed by atoms with Crippen molar-refractivity contribution in [3.63, 3.8) is 0 Å². The smallest absolute Gasteiger partial charge is 0.197 e. The predicted molar refractivity (Wildman–Crippen MR) is 150 cm³/mol. The van der Waals surface area contributed by atoms with E-state index in [2.05, 4.69) is 41.5 Å². The Hall–Kier alpha value is -1.66. The van der Waals surface area contributed by atoms with Gasteiger partial charge in [-0.15, -0.1) is 0 Å². The molecule has 2 fully saturated rings. The molecule has 0 amide bonds. The number of allylic oxidation sites excluding steroid dienone is 2. The normalized spacial score (nSPS) is 33.8. The molecule has 222 valence electrons. The lowest BCUT2D eigenvalue weighted by atomic mass is 9.68. The van der Waals surface area contributed by atoms with Gasteiger partial charge in [0, 0.05) is 23.0 Å². The molecule has 0 unspecified atom stereocenters. The maximum Gasteiger partial charge on any atom is 0.197 e. The van der Waals surface area contributed by atoms with Crippen LogP contribution >= 0.6 is 0 Å². The third-order valence-electron chi connectivity index (χ3n) is 10.4. The summed E-state index contributed by atoms with van der Waals surface area (Å²) in [7, 11) is 0. The van der Waals surface area contributed by atoms with Crippen LogP contribution in [0.4, 0.5) is 17.6 Å². The van der Waals surface area contributed by atoms with Crippen LogP contribution in [0.25, 0.3) is 0 Å². The first kappa shape index (κ1) is 29.8. The Morgan fingerprint density at radius 2 is 1.00 bits per heavy atom. The second-order valence-corrected chi connectivity index (χ2v) is 13.9. The Morgan fingerprint density at radius 3 is 1.35 bits per heavy atom. The summed E-state index contributed by atoms with van der Waals surface area (Å²) in [5.74, 6) is -4.48. The quantitative estimate of drug-likeness (QED) is 0.136. The molecular formula is C34H46F4O2. The van der Waals surface area contributed by atoms with Crippen LogP contribution < -0.4 is 0 Å². The summed E-state index contributed by atoms with van der Waals surface area (Å²) in [6.07, 6.45) is 10.5. The monoisotopic (exact) mass is 562 g/mol. The third kappa shape index (κ3) is 5.56. The van der Waals surface area contributed by atoms with Crippen LogP contribution in [-0.2, 0) is 9.47 Å². The first-order chi connectivity index (χ1) is 19.0. The molecule has 5 aliphatic rings. The Kier molecular flexibility index (Phi) is 8.88. The van der Waals surface area contributed by atoms with Gasteiger partial charge in [0.2, 0.25) is 0 Å². The molecule has 1 aromatic carbocycles. The highest BCUT2D eigenvalue weighted by molar-refractivity contribution is 5.58. The fraction of sp³-hybridized carbons (Fsp3) is 0.706. The summed E-state index contributed by atoms with van der Waals surface area (Å²) in [5, 5.41) is 0. The van der Waals surface area contributed by atoms with E-state index in [1.165, 1.54) is 12.8 Å². The van der Waals surface area contributed by atoms with Gasteiger partial charge in [0.25, 0.3) is 0 Å². The molecular weight excluding hydrogens is 516 g/mol. The minimum Gasteiger partial charge on any atom is -0.374 e. The van der Waals surface area contributed by atoms with Gasteiger partial charge in [-0.3, -0.25) is 0 Å². The highest BCUT2D eigenvalue weighted by Gasteiger charge is 2.43. The van der Waals surface area contributed by atoms with E-state index in [4.69, 9.17) is 9.47 Å². The van der Waals surface area contributed by atoms with Gasteiger partial charge in [-0.2, -0.15) is 0 Å². The van der Waals surface area contributed by atoms with E-state index in [-0.39, 0.29) is 36.5 Å². The lowest BCUT2D eigenvalue weighted by Crippen LogP contribution is -2.36. The van der Waals surface area contributed by atoms with Crippen molar-refractivity contribution in [3.05, 3.63) is 57.7 Å². The Morgan fingerprint density at radius 1 is 0.625 bits per heavy atom. The lowest BCUT2D eigenvalue weighted by molar-refractivity contribution is -0.0317. The molecule has 6 heteroatoms. The maximum absolute atomic E-state index is 15.2. The molecule has 0 aliphatic heterocycles. The van der Waals surface area contributed by atoms with Gasteiger partial charge in [-0.1, -0.05) is 66.5 Å². The Labute approximate surface area is 237 Å². The zero-order valence-corrected chi connectivity index (χ0v) is 24.9. The molecule has 6 rings (SSSR count). The van der Waals surface area contributed by atoms with E-state index in [1.807, 2.05) is 12.2 Å². The fourth-order valence-electron chi connectivity index (χ4n) is 7.96. The second kappa shape index (κ2) is 11.9. The van der Waals surface area contributed by atoms with Crippen molar-refractivity contribution >= 4 is 0 Å². The van der Waals surface area contributed by atoms with Gasteiger partial charge in [0.05, 0.1) is 25.4 Å². The number of hydrogen-bond donors (Lipinski definition) is 0. The van der Waals surface area contributed by atoms with E-state index >= 15 is 8.78 Å². The van der Waals surface area contributed by atoms with Gasteiger partial charge in [-0.05, 0) is 72.3 Å². The third-order valence-corrected chi connectivity index (χ3v) is 10.4.